The van der Waals surface area contributed by atoms with E-state index in [4.69, 9.17) is 4.74 Å². The van der Waals surface area contributed by atoms with Gasteiger partial charge in [-0.05, 0) is 54.8 Å². The summed E-state index contributed by atoms with van der Waals surface area (Å²) >= 11 is 0. The lowest BCUT2D eigenvalue weighted by molar-refractivity contribution is -0.133. The molecule has 2 aromatic carbocycles. The van der Waals surface area contributed by atoms with E-state index in [1.54, 1.807) is 12.1 Å². The van der Waals surface area contributed by atoms with Gasteiger partial charge in [0, 0.05) is 31.9 Å². The third-order valence-electron chi connectivity index (χ3n) is 4.73. The van der Waals surface area contributed by atoms with Crippen LogP contribution in [0.25, 0.3) is 0 Å². The topological polar surface area (TPSA) is 32.8 Å². The van der Waals surface area contributed by atoms with Crippen LogP contribution in [0.5, 0.6) is 5.75 Å². The molecule has 3 rings (SSSR count). The van der Waals surface area contributed by atoms with Gasteiger partial charge in [0.15, 0.2) is 6.61 Å². The van der Waals surface area contributed by atoms with E-state index in [1.165, 1.54) is 17.7 Å². The molecular formula is C21H25FN2O2. The van der Waals surface area contributed by atoms with Crippen LogP contribution in [0.1, 0.15) is 18.9 Å². The molecule has 1 aliphatic rings. The van der Waals surface area contributed by atoms with Gasteiger partial charge in [-0.2, -0.15) is 0 Å². The summed E-state index contributed by atoms with van der Waals surface area (Å²) in [5.74, 6) is 0.494. The molecule has 0 unspecified atom stereocenters. The summed E-state index contributed by atoms with van der Waals surface area (Å²) < 4.78 is 18.7. The Labute approximate surface area is 154 Å². The van der Waals surface area contributed by atoms with Crippen molar-refractivity contribution in [2.45, 2.75) is 19.8 Å². The van der Waals surface area contributed by atoms with Gasteiger partial charge in [0.25, 0.3) is 5.91 Å². The number of benzene rings is 2. The fourth-order valence-electron chi connectivity index (χ4n) is 3.13. The van der Waals surface area contributed by atoms with E-state index < -0.39 is 0 Å². The largest absolute Gasteiger partial charge is 0.484 e. The number of hydrogen-bond donors (Lipinski definition) is 0. The molecule has 2 aromatic rings. The molecule has 0 aliphatic carbocycles. The lowest BCUT2D eigenvalue weighted by Gasteiger charge is -2.23. The average Bonchev–Trinajstić information content (AvgIpc) is 2.93. The molecule has 0 spiro atoms. The molecule has 4 nitrogen and oxygen atoms in total. The Morgan fingerprint density at radius 2 is 1.73 bits per heavy atom. The quantitative estimate of drug-likeness (QED) is 0.822. The Hall–Kier alpha value is -2.56. The van der Waals surface area contributed by atoms with Crippen molar-refractivity contribution in [3.63, 3.8) is 0 Å². The predicted octanol–water partition coefficient (Wildman–Crippen LogP) is 3.51. The predicted molar refractivity (Wildman–Crippen MR) is 101 cm³/mol. The summed E-state index contributed by atoms with van der Waals surface area (Å²) in [7, 11) is 0. The smallest absolute Gasteiger partial charge is 0.260 e. The van der Waals surface area contributed by atoms with E-state index in [0.29, 0.717) is 13.1 Å². The molecular weight excluding hydrogens is 331 g/mol. The Morgan fingerprint density at radius 1 is 1.00 bits per heavy atom. The zero-order chi connectivity index (χ0) is 18.4. The third kappa shape index (κ3) is 4.75. The SMILES string of the molecule is CCc1ccc(OCC(=O)N2CCCN(c3ccc(F)cc3)CC2)cc1. The fourth-order valence-corrected chi connectivity index (χ4v) is 3.13. The van der Waals surface area contributed by atoms with Crippen LogP contribution in [0.3, 0.4) is 0 Å². The van der Waals surface area contributed by atoms with E-state index in [2.05, 4.69) is 11.8 Å². The molecule has 1 heterocycles. The molecule has 1 fully saturated rings. The first-order chi connectivity index (χ1) is 12.7. The van der Waals surface area contributed by atoms with E-state index in [-0.39, 0.29) is 18.3 Å². The van der Waals surface area contributed by atoms with Gasteiger partial charge in [0.2, 0.25) is 0 Å². The minimum absolute atomic E-state index is 0.00511. The first-order valence-electron chi connectivity index (χ1n) is 9.15. The highest BCUT2D eigenvalue weighted by molar-refractivity contribution is 5.78. The minimum atomic E-state index is -0.232. The maximum atomic E-state index is 13.1. The monoisotopic (exact) mass is 356 g/mol. The Balaban J connectivity index is 1.51. The van der Waals surface area contributed by atoms with Crippen molar-refractivity contribution in [3.8, 4) is 5.75 Å². The van der Waals surface area contributed by atoms with Gasteiger partial charge >= 0.3 is 0 Å². The Morgan fingerprint density at radius 3 is 2.42 bits per heavy atom. The molecule has 1 saturated heterocycles. The molecule has 1 amide bonds. The highest BCUT2D eigenvalue weighted by Gasteiger charge is 2.19. The number of halogens is 1. The maximum absolute atomic E-state index is 13.1. The van der Waals surface area contributed by atoms with Crippen molar-refractivity contribution >= 4 is 11.6 Å². The van der Waals surface area contributed by atoms with Crippen LogP contribution in [0.2, 0.25) is 0 Å². The van der Waals surface area contributed by atoms with Crippen LogP contribution >= 0.6 is 0 Å². The standard InChI is InChI=1S/C21H25FN2O2/c1-2-17-4-10-20(11-5-17)26-16-21(25)24-13-3-12-23(14-15-24)19-8-6-18(22)7-9-19/h4-11H,2-3,12-16H2,1H3. The summed E-state index contributed by atoms with van der Waals surface area (Å²) in [5, 5.41) is 0. The molecule has 0 radical (unpaired) electrons. The summed E-state index contributed by atoms with van der Waals surface area (Å²) in [4.78, 5) is 16.5. The van der Waals surface area contributed by atoms with Gasteiger partial charge in [-0.15, -0.1) is 0 Å². The molecule has 1 aliphatic heterocycles. The molecule has 0 bridgehead atoms. The van der Waals surface area contributed by atoms with E-state index in [9.17, 15) is 9.18 Å². The molecule has 0 atom stereocenters. The maximum Gasteiger partial charge on any atom is 0.260 e. The molecule has 26 heavy (non-hydrogen) atoms. The van der Waals surface area contributed by atoms with Crippen LogP contribution in [0.15, 0.2) is 48.5 Å². The number of nitrogens with zero attached hydrogens (tertiary/aromatic N) is 2. The molecule has 0 saturated carbocycles. The average molecular weight is 356 g/mol. The second-order valence-electron chi connectivity index (χ2n) is 6.48. The molecule has 138 valence electrons. The normalized spacial score (nSPS) is 14.8. The number of carbonyl (C=O) groups excluding carboxylic acids is 1. The van der Waals surface area contributed by atoms with Crippen molar-refractivity contribution < 1.29 is 13.9 Å². The number of anilines is 1. The van der Waals surface area contributed by atoms with Crippen LogP contribution in [0.4, 0.5) is 10.1 Å². The van der Waals surface area contributed by atoms with Crippen molar-refractivity contribution in [3.05, 3.63) is 59.9 Å². The van der Waals surface area contributed by atoms with E-state index >= 15 is 0 Å². The van der Waals surface area contributed by atoms with Crippen LogP contribution in [-0.2, 0) is 11.2 Å². The number of carbonyl (C=O) groups is 1. The first kappa shape index (κ1) is 18.2. The van der Waals surface area contributed by atoms with E-state index in [1.807, 2.05) is 29.2 Å². The Bertz CT molecular complexity index is 716. The van der Waals surface area contributed by atoms with E-state index in [0.717, 1.165) is 37.4 Å². The van der Waals surface area contributed by atoms with Gasteiger partial charge in [-0.1, -0.05) is 19.1 Å². The van der Waals surface area contributed by atoms with Gasteiger partial charge in [0.05, 0.1) is 0 Å². The van der Waals surface area contributed by atoms with Crippen LogP contribution in [0, 0.1) is 5.82 Å². The van der Waals surface area contributed by atoms with Crippen LogP contribution < -0.4 is 9.64 Å². The zero-order valence-corrected chi connectivity index (χ0v) is 15.2. The summed E-state index contributed by atoms with van der Waals surface area (Å²) in [6.07, 6.45) is 1.87. The van der Waals surface area contributed by atoms with Gasteiger partial charge in [-0.25, -0.2) is 4.39 Å². The number of amides is 1. The molecule has 0 aromatic heterocycles. The highest BCUT2D eigenvalue weighted by atomic mass is 19.1. The lowest BCUT2D eigenvalue weighted by Crippen LogP contribution is -2.38. The van der Waals surface area contributed by atoms with Gasteiger partial charge in [-0.3, -0.25) is 4.79 Å². The van der Waals surface area contributed by atoms with Crippen molar-refractivity contribution in [1.29, 1.82) is 0 Å². The molecule has 5 heteroatoms. The third-order valence-corrected chi connectivity index (χ3v) is 4.73. The van der Waals surface area contributed by atoms with Crippen molar-refractivity contribution in [1.82, 2.24) is 4.90 Å². The Kier molecular flexibility index (Phi) is 6.10. The van der Waals surface area contributed by atoms with Crippen molar-refractivity contribution in [2.75, 3.05) is 37.7 Å². The van der Waals surface area contributed by atoms with Gasteiger partial charge in [0.1, 0.15) is 11.6 Å². The number of aryl methyl sites for hydroxylation is 1. The second kappa shape index (κ2) is 8.70. The van der Waals surface area contributed by atoms with Crippen LogP contribution in [-0.4, -0.2) is 43.6 Å². The molecule has 0 N–H and O–H groups in total. The zero-order valence-electron chi connectivity index (χ0n) is 15.2. The highest BCUT2D eigenvalue weighted by Crippen LogP contribution is 2.17. The summed E-state index contributed by atoms with van der Waals surface area (Å²) in [6, 6.07) is 14.4. The number of ether oxygens (including phenoxy) is 1. The number of hydrogen-bond acceptors (Lipinski definition) is 3. The fraction of sp³-hybridized carbons (Fsp3) is 0.381. The summed E-state index contributed by atoms with van der Waals surface area (Å²) in [5.41, 5.74) is 2.24. The number of rotatable bonds is 5. The summed E-state index contributed by atoms with van der Waals surface area (Å²) in [6.45, 7) is 5.12. The second-order valence-corrected chi connectivity index (χ2v) is 6.48. The minimum Gasteiger partial charge on any atom is -0.484 e. The lowest BCUT2D eigenvalue weighted by atomic mass is 10.2. The first-order valence-corrected chi connectivity index (χ1v) is 9.15. The van der Waals surface area contributed by atoms with Gasteiger partial charge < -0.3 is 14.5 Å². The van der Waals surface area contributed by atoms with Crippen molar-refractivity contribution in [2.24, 2.45) is 0 Å².